The largest absolute Gasteiger partial charge is 0.381 e. The lowest BCUT2D eigenvalue weighted by Crippen LogP contribution is -2.51. The molecule has 2 fully saturated rings. The number of hydrogen-bond donors (Lipinski definition) is 1. The standard InChI is InChI=1S/C13H27N3O/c1-3-15-5-7-16(8-6-15)10-13(14-2)12-4-9-17-11-12/h12-14H,3-11H2,1-2H3. The molecule has 0 spiro atoms. The fourth-order valence-electron chi connectivity index (χ4n) is 2.91. The van der Waals surface area contributed by atoms with Crippen LogP contribution < -0.4 is 5.32 Å². The first-order chi connectivity index (χ1) is 8.33. The van der Waals surface area contributed by atoms with E-state index in [1.165, 1.54) is 45.7 Å². The Labute approximate surface area is 105 Å². The zero-order chi connectivity index (χ0) is 12.1. The smallest absolute Gasteiger partial charge is 0.0510 e. The molecule has 0 bridgehead atoms. The van der Waals surface area contributed by atoms with E-state index in [9.17, 15) is 0 Å². The van der Waals surface area contributed by atoms with E-state index in [1.807, 2.05) is 0 Å². The van der Waals surface area contributed by atoms with Gasteiger partial charge in [0.05, 0.1) is 6.61 Å². The van der Waals surface area contributed by atoms with Crippen molar-refractivity contribution >= 4 is 0 Å². The first-order valence-corrected chi connectivity index (χ1v) is 7.03. The number of ether oxygens (including phenoxy) is 1. The third kappa shape index (κ3) is 3.65. The van der Waals surface area contributed by atoms with Gasteiger partial charge in [-0.1, -0.05) is 6.92 Å². The number of hydrogen-bond acceptors (Lipinski definition) is 4. The van der Waals surface area contributed by atoms with Crippen LogP contribution in [0.2, 0.25) is 0 Å². The molecule has 2 unspecified atom stereocenters. The molecular weight excluding hydrogens is 214 g/mol. The van der Waals surface area contributed by atoms with E-state index in [2.05, 4.69) is 29.1 Å². The Balaban J connectivity index is 1.75. The molecule has 17 heavy (non-hydrogen) atoms. The van der Waals surface area contributed by atoms with Gasteiger partial charge in [0.15, 0.2) is 0 Å². The monoisotopic (exact) mass is 241 g/mol. The highest BCUT2D eigenvalue weighted by atomic mass is 16.5. The second kappa shape index (κ2) is 6.69. The molecule has 2 heterocycles. The summed E-state index contributed by atoms with van der Waals surface area (Å²) in [5, 5.41) is 3.48. The predicted octanol–water partition coefficient (Wildman–Crippen LogP) is 0.248. The number of likely N-dealkylation sites (N-methyl/N-ethyl adjacent to an activating group) is 2. The molecule has 2 saturated heterocycles. The first-order valence-electron chi connectivity index (χ1n) is 7.03. The lowest BCUT2D eigenvalue weighted by Gasteiger charge is -2.37. The molecule has 2 aliphatic heterocycles. The second-order valence-corrected chi connectivity index (χ2v) is 5.25. The van der Waals surface area contributed by atoms with Gasteiger partial charge in [-0.05, 0) is 20.0 Å². The summed E-state index contributed by atoms with van der Waals surface area (Å²) < 4.78 is 5.50. The molecular formula is C13H27N3O. The minimum atomic E-state index is 0.602. The van der Waals surface area contributed by atoms with Crippen molar-refractivity contribution in [1.29, 1.82) is 0 Å². The molecule has 4 nitrogen and oxygen atoms in total. The SMILES string of the molecule is CCN1CCN(CC(NC)C2CCOC2)CC1. The van der Waals surface area contributed by atoms with Gasteiger partial charge in [0.1, 0.15) is 0 Å². The van der Waals surface area contributed by atoms with Gasteiger partial charge in [-0.3, -0.25) is 4.90 Å². The van der Waals surface area contributed by atoms with Crippen molar-refractivity contribution in [2.45, 2.75) is 19.4 Å². The lowest BCUT2D eigenvalue weighted by molar-refractivity contribution is 0.114. The van der Waals surface area contributed by atoms with Crippen molar-refractivity contribution in [2.75, 3.05) is 59.5 Å². The molecule has 1 N–H and O–H groups in total. The summed E-state index contributed by atoms with van der Waals surface area (Å²) in [7, 11) is 2.09. The van der Waals surface area contributed by atoms with Crippen LogP contribution in [0.3, 0.4) is 0 Å². The van der Waals surface area contributed by atoms with Crippen LogP contribution in [0.15, 0.2) is 0 Å². The van der Waals surface area contributed by atoms with E-state index in [1.54, 1.807) is 0 Å². The van der Waals surface area contributed by atoms with E-state index in [0.717, 1.165) is 13.2 Å². The zero-order valence-corrected chi connectivity index (χ0v) is 11.3. The number of nitrogens with zero attached hydrogens (tertiary/aromatic N) is 2. The maximum atomic E-state index is 5.50. The van der Waals surface area contributed by atoms with E-state index >= 15 is 0 Å². The van der Waals surface area contributed by atoms with E-state index < -0.39 is 0 Å². The van der Waals surface area contributed by atoms with Gasteiger partial charge in [-0.2, -0.15) is 0 Å². The topological polar surface area (TPSA) is 27.7 Å². The molecule has 0 aromatic rings. The predicted molar refractivity (Wildman–Crippen MR) is 70.3 cm³/mol. The van der Waals surface area contributed by atoms with Crippen LogP contribution in [-0.4, -0.2) is 75.4 Å². The highest BCUT2D eigenvalue weighted by Gasteiger charge is 2.27. The summed E-state index contributed by atoms with van der Waals surface area (Å²) >= 11 is 0. The molecule has 0 amide bonds. The van der Waals surface area contributed by atoms with Crippen molar-refractivity contribution in [3.05, 3.63) is 0 Å². The fourth-order valence-corrected chi connectivity index (χ4v) is 2.91. The summed E-state index contributed by atoms with van der Waals surface area (Å²) in [6.45, 7) is 11.4. The van der Waals surface area contributed by atoms with Crippen molar-refractivity contribution in [2.24, 2.45) is 5.92 Å². The molecule has 0 aromatic carbocycles. The molecule has 2 atom stereocenters. The fraction of sp³-hybridized carbons (Fsp3) is 1.00. The molecule has 2 rings (SSSR count). The third-order valence-electron chi connectivity index (χ3n) is 4.27. The molecule has 4 heteroatoms. The highest BCUT2D eigenvalue weighted by molar-refractivity contribution is 4.83. The summed E-state index contributed by atoms with van der Waals surface area (Å²) in [6, 6.07) is 0.602. The van der Waals surface area contributed by atoms with Crippen LogP contribution in [0.4, 0.5) is 0 Å². The Hall–Kier alpha value is -0.160. The van der Waals surface area contributed by atoms with Gasteiger partial charge in [-0.25, -0.2) is 0 Å². The van der Waals surface area contributed by atoms with E-state index in [0.29, 0.717) is 12.0 Å². The van der Waals surface area contributed by atoms with Crippen LogP contribution in [-0.2, 0) is 4.74 Å². The van der Waals surface area contributed by atoms with Crippen LogP contribution in [0.1, 0.15) is 13.3 Å². The minimum Gasteiger partial charge on any atom is -0.381 e. The number of piperazine rings is 1. The maximum Gasteiger partial charge on any atom is 0.0510 e. The molecule has 100 valence electrons. The Morgan fingerprint density at radius 2 is 1.94 bits per heavy atom. The summed E-state index contributed by atoms with van der Waals surface area (Å²) in [5.41, 5.74) is 0. The van der Waals surface area contributed by atoms with Crippen molar-refractivity contribution in [1.82, 2.24) is 15.1 Å². The molecule has 0 saturated carbocycles. The van der Waals surface area contributed by atoms with Crippen LogP contribution in [0.25, 0.3) is 0 Å². The average molecular weight is 241 g/mol. The van der Waals surface area contributed by atoms with Crippen molar-refractivity contribution in [3.63, 3.8) is 0 Å². The first kappa shape index (κ1) is 13.3. The normalized spacial score (nSPS) is 29.6. The molecule has 0 aromatic heterocycles. The van der Waals surface area contributed by atoms with Crippen molar-refractivity contribution < 1.29 is 4.74 Å². The number of rotatable bonds is 5. The summed E-state index contributed by atoms with van der Waals surface area (Å²) in [4.78, 5) is 5.13. The van der Waals surface area contributed by atoms with Crippen molar-refractivity contribution in [3.8, 4) is 0 Å². The van der Waals surface area contributed by atoms with Crippen LogP contribution in [0, 0.1) is 5.92 Å². The number of nitrogens with one attached hydrogen (secondary N) is 1. The van der Waals surface area contributed by atoms with Gasteiger partial charge >= 0.3 is 0 Å². The van der Waals surface area contributed by atoms with Crippen LogP contribution >= 0.6 is 0 Å². The molecule has 2 aliphatic rings. The van der Waals surface area contributed by atoms with E-state index in [-0.39, 0.29) is 0 Å². The van der Waals surface area contributed by atoms with Gasteiger partial charge in [0, 0.05) is 51.3 Å². The van der Waals surface area contributed by atoms with Gasteiger partial charge < -0.3 is 15.0 Å². The quantitative estimate of drug-likeness (QED) is 0.747. The highest BCUT2D eigenvalue weighted by Crippen LogP contribution is 2.18. The van der Waals surface area contributed by atoms with Gasteiger partial charge in [-0.15, -0.1) is 0 Å². The second-order valence-electron chi connectivity index (χ2n) is 5.25. The minimum absolute atomic E-state index is 0.602. The Bertz CT molecular complexity index is 211. The maximum absolute atomic E-state index is 5.50. The summed E-state index contributed by atoms with van der Waals surface area (Å²) in [6.07, 6.45) is 1.22. The molecule has 0 radical (unpaired) electrons. The Morgan fingerprint density at radius 3 is 2.47 bits per heavy atom. The van der Waals surface area contributed by atoms with Gasteiger partial charge in [0.2, 0.25) is 0 Å². The Morgan fingerprint density at radius 1 is 1.24 bits per heavy atom. The molecule has 0 aliphatic carbocycles. The Kier molecular flexibility index (Phi) is 5.22. The average Bonchev–Trinajstić information content (AvgIpc) is 2.90. The summed E-state index contributed by atoms with van der Waals surface area (Å²) in [5.74, 6) is 0.712. The zero-order valence-electron chi connectivity index (χ0n) is 11.3. The van der Waals surface area contributed by atoms with E-state index in [4.69, 9.17) is 4.74 Å². The lowest BCUT2D eigenvalue weighted by atomic mass is 9.98. The van der Waals surface area contributed by atoms with Gasteiger partial charge in [0.25, 0.3) is 0 Å². The van der Waals surface area contributed by atoms with Crippen LogP contribution in [0.5, 0.6) is 0 Å². The third-order valence-corrected chi connectivity index (χ3v) is 4.27.